The van der Waals surface area contributed by atoms with Crippen LogP contribution in [0.3, 0.4) is 0 Å². The molecule has 0 aliphatic carbocycles. The highest BCUT2D eigenvalue weighted by molar-refractivity contribution is 7.92. The molecule has 0 saturated heterocycles. The second kappa shape index (κ2) is 9.52. The van der Waals surface area contributed by atoms with Gasteiger partial charge in [-0.05, 0) is 34.7 Å². The number of nitrogens with one attached hydrogen (secondary N) is 3. The minimum absolute atomic E-state index is 0.0893. The van der Waals surface area contributed by atoms with Gasteiger partial charge in [-0.1, -0.05) is 63.2 Å². The second-order valence-electron chi connectivity index (χ2n) is 9.22. The summed E-state index contributed by atoms with van der Waals surface area (Å²) < 4.78 is 28.7. The molecule has 4 N–H and O–H groups in total. The van der Waals surface area contributed by atoms with Crippen molar-refractivity contribution >= 4 is 32.7 Å². The Balaban J connectivity index is 1.74. The highest BCUT2D eigenvalue weighted by Gasteiger charge is 2.22. The van der Waals surface area contributed by atoms with Gasteiger partial charge in [0.15, 0.2) is 0 Å². The first-order valence-corrected chi connectivity index (χ1v) is 12.7. The molecule has 0 aliphatic rings. The van der Waals surface area contributed by atoms with Crippen molar-refractivity contribution in [1.29, 1.82) is 0 Å². The fourth-order valence-corrected chi connectivity index (χ4v) is 4.84. The maximum Gasteiger partial charge on any atom is 0.268 e. The molecule has 0 aliphatic heterocycles. The SMILES string of the molecule is CC(C)(C)c1ccc(S(=O)(=O)Nc2cnc3[nH]c(C(=O)NCCO)c(-c4ccccc4)c3c2)cc1. The number of hydrogen-bond donors (Lipinski definition) is 4. The third kappa shape index (κ3) is 5.21. The first-order valence-electron chi connectivity index (χ1n) is 11.2. The van der Waals surface area contributed by atoms with Crippen molar-refractivity contribution < 1.29 is 18.3 Å². The van der Waals surface area contributed by atoms with Crippen molar-refractivity contribution in [3.05, 3.63) is 78.1 Å². The number of anilines is 1. The molecule has 8 nitrogen and oxygen atoms in total. The highest BCUT2D eigenvalue weighted by atomic mass is 32.2. The van der Waals surface area contributed by atoms with E-state index in [1.807, 2.05) is 42.5 Å². The molecule has 0 fully saturated rings. The Kier molecular flexibility index (Phi) is 6.64. The molecule has 2 aromatic carbocycles. The van der Waals surface area contributed by atoms with Crippen LogP contribution in [0.1, 0.15) is 36.8 Å². The van der Waals surface area contributed by atoms with E-state index in [2.05, 4.69) is 40.8 Å². The van der Waals surface area contributed by atoms with E-state index in [0.717, 1.165) is 11.1 Å². The molecular formula is C26H28N4O4S. The molecular weight excluding hydrogens is 464 g/mol. The van der Waals surface area contributed by atoms with Crippen molar-refractivity contribution in [2.24, 2.45) is 0 Å². The molecule has 0 radical (unpaired) electrons. The smallest absolute Gasteiger partial charge is 0.268 e. The molecule has 182 valence electrons. The summed E-state index contributed by atoms with van der Waals surface area (Å²) in [6.07, 6.45) is 1.41. The predicted molar refractivity (Wildman–Crippen MR) is 137 cm³/mol. The number of benzene rings is 2. The van der Waals surface area contributed by atoms with Gasteiger partial charge in [0.2, 0.25) is 0 Å². The van der Waals surface area contributed by atoms with Gasteiger partial charge in [0, 0.05) is 17.5 Å². The van der Waals surface area contributed by atoms with Crippen molar-refractivity contribution in [3.8, 4) is 11.1 Å². The molecule has 0 atom stereocenters. The maximum atomic E-state index is 13.1. The highest BCUT2D eigenvalue weighted by Crippen LogP contribution is 2.33. The molecule has 0 saturated carbocycles. The van der Waals surface area contributed by atoms with Crippen LogP contribution < -0.4 is 10.0 Å². The quantitative estimate of drug-likeness (QED) is 0.310. The lowest BCUT2D eigenvalue weighted by molar-refractivity contribution is 0.0941. The lowest BCUT2D eigenvalue weighted by atomic mass is 9.87. The van der Waals surface area contributed by atoms with Gasteiger partial charge in [0.1, 0.15) is 11.3 Å². The summed E-state index contributed by atoms with van der Waals surface area (Å²) in [6.45, 7) is 6.11. The third-order valence-electron chi connectivity index (χ3n) is 5.62. The number of carbonyl (C=O) groups is 1. The third-order valence-corrected chi connectivity index (χ3v) is 7.02. The van der Waals surface area contributed by atoms with E-state index in [1.165, 1.54) is 6.20 Å². The van der Waals surface area contributed by atoms with Crippen molar-refractivity contribution in [2.45, 2.75) is 31.1 Å². The molecule has 0 spiro atoms. The summed E-state index contributed by atoms with van der Waals surface area (Å²) in [6, 6.07) is 17.7. The summed E-state index contributed by atoms with van der Waals surface area (Å²) in [4.78, 5) is 20.3. The Morgan fingerprint density at radius 2 is 1.74 bits per heavy atom. The molecule has 4 rings (SSSR count). The standard InChI is InChI=1S/C26H28N4O4S/c1-26(2,3)18-9-11-20(12-10-18)35(33,34)30-19-15-21-22(17-7-5-4-6-8-17)23(25(32)27-13-14-31)29-24(21)28-16-19/h4-12,15-16,30-31H,13-14H2,1-3H3,(H,27,32)(H,28,29). The average molecular weight is 493 g/mol. The Labute approximate surface area is 204 Å². The van der Waals surface area contributed by atoms with Gasteiger partial charge < -0.3 is 15.4 Å². The molecule has 35 heavy (non-hydrogen) atoms. The maximum absolute atomic E-state index is 13.1. The van der Waals surface area contributed by atoms with Crippen molar-refractivity contribution in [2.75, 3.05) is 17.9 Å². The fourth-order valence-electron chi connectivity index (χ4n) is 3.81. The van der Waals surface area contributed by atoms with Crippen LogP contribution in [0.4, 0.5) is 5.69 Å². The second-order valence-corrected chi connectivity index (χ2v) is 10.9. The zero-order valence-electron chi connectivity index (χ0n) is 19.8. The van der Waals surface area contributed by atoms with Gasteiger partial charge in [0.25, 0.3) is 15.9 Å². The van der Waals surface area contributed by atoms with Gasteiger partial charge in [-0.25, -0.2) is 13.4 Å². The van der Waals surface area contributed by atoms with Gasteiger partial charge in [-0.2, -0.15) is 0 Å². The average Bonchev–Trinajstić information content (AvgIpc) is 3.21. The van der Waals surface area contributed by atoms with E-state index < -0.39 is 15.9 Å². The minimum Gasteiger partial charge on any atom is -0.395 e. The van der Waals surface area contributed by atoms with E-state index in [-0.39, 0.29) is 34.8 Å². The molecule has 0 unspecified atom stereocenters. The first kappa shape index (κ1) is 24.4. The minimum atomic E-state index is -3.85. The molecule has 9 heteroatoms. The number of amides is 1. The van der Waals surface area contributed by atoms with E-state index in [1.54, 1.807) is 18.2 Å². The molecule has 2 heterocycles. The van der Waals surface area contributed by atoms with Crippen molar-refractivity contribution in [3.63, 3.8) is 0 Å². The van der Waals surface area contributed by atoms with Crippen molar-refractivity contribution in [1.82, 2.24) is 15.3 Å². The number of aromatic amines is 1. The number of rotatable bonds is 7. The number of fused-ring (bicyclic) bond motifs is 1. The first-order chi connectivity index (χ1) is 16.6. The van der Waals surface area contributed by atoms with Crippen LogP contribution in [0.2, 0.25) is 0 Å². The Hall–Kier alpha value is -3.69. The number of aliphatic hydroxyl groups is 1. The predicted octanol–water partition coefficient (Wildman–Crippen LogP) is 4.05. The summed E-state index contributed by atoms with van der Waals surface area (Å²) in [7, 11) is -3.85. The van der Waals surface area contributed by atoms with E-state index >= 15 is 0 Å². The summed E-state index contributed by atoms with van der Waals surface area (Å²) in [5, 5.41) is 12.3. The lowest BCUT2D eigenvalue weighted by Crippen LogP contribution is -2.27. The topological polar surface area (TPSA) is 124 Å². The van der Waals surface area contributed by atoms with Gasteiger partial charge in [-0.15, -0.1) is 0 Å². The van der Waals surface area contributed by atoms with Crippen LogP contribution in [0.15, 0.2) is 71.8 Å². The fraction of sp³-hybridized carbons (Fsp3) is 0.231. The number of carbonyl (C=O) groups excluding carboxylic acids is 1. The number of aliphatic hydroxyl groups excluding tert-OH is 1. The largest absolute Gasteiger partial charge is 0.395 e. The number of nitrogens with zero attached hydrogens (tertiary/aromatic N) is 1. The summed E-state index contributed by atoms with van der Waals surface area (Å²) in [5.74, 6) is -0.392. The normalized spacial score (nSPS) is 12.0. The van der Waals surface area contributed by atoms with E-state index in [4.69, 9.17) is 5.11 Å². The number of pyridine rings is 1. The molecule has 4 aromatic rings. The van der Waals surface area contributed by atoms with Crippen LogP contribution in [0, 0.1) is 0 Å². The Morgan fingerprint density at radius 1 is 1.06 bits per heavy atom. The monoisotopic (exact) mass is 492 g/mol. The zero-order chi connectivity index (χ0) is 25.2. The van der Waals surface area contributed by atoms with Crippen LogP contribution in [-0.4, -0.2) is 42.6 Å². The number of H-pyrrole nitrogens is 1. The van der Waals surface area contributed by atoms with Gasteiger partial charge in [0.05, 0.1) is 23.4 Å². The lowest BCUT2D eigenvalue weighted by Gasteiger charge is -2.19. The Morgan fingerprint density at radius 3 is 2.37 bits per heavy atom. The molecule has 1 amide bonds. The Bertz CT molecular complexity index is 1460. The van der Waals surface area contributed by atoms with Crippen LogP contribution >= 0.6 is 0 Å². The van der Waals surface area contributed by atoms with Crippen LogP contribution in [0.5, 0.6) is 0 Å². The van der Waals surface area contributed by atoms with Gasteiger partial charge >= 0.3 is 0 Å². The number of aromatic nitrogens is 2. The molecule has 0 bridgehead atoms. The van der Waals surface area contributed by atoms with Gasteiger partial charge in [-0.3, -0.25) is 9.52 Å². The number of hydrogen-bond acceptors (Lipinski definition) is 5. The summed E-state index contributed by atoms with van der Waals surface area (Å²) >= 11 is 0. The van der Waals surface area contributed by atoms with E-state index in [0.29, 0.717) is 16.6 Å². The van der Waals surface area contributed by atoms with Crippen LogP contribution in [-0.2, 0) is 15.4 Å². The zero-order valence-corrected chi connectivity index (χ0v) is 20.6. The van der Waals surface area contributed by atoms with E-state index in [9.17, 15) is 13.2 Å². The molecule has 2 aromatic heterocycles. The number of sulfonamides is 1. The summed E-state index contributed by atoms with van der Waals surface area (Å²) in [5.41, 5.74) is 3.31. The van der Waals surface area contributed by atoms with Crippen LogP contribution in [0.25, 0.3) is 22.2 Å².